The van der Waals surface area contributed by atoms with Crippen LogP contribution in [0.1, 0.15) is 43.3 Å². The van der Waals surface area contributed by atoms with E-state index in [1.165, 1.54) is 0 Å². The Hall–Kier alpha value is -2.76. The number of nitrogens with one attached hydrogen (secondary N) is 1. The predicted molar refractivity (Wildman–Crippen MR) is 154 cm³/mol. The van der Waals surface area contributed by atoms with E-state index >= 15 is 0 Å². The van der Waals surface area contributed by atoms with Crippen LogP contribution in [-0.2, 0) is 17.9 Å². The maximum absolute atomic E-state index is 6.47. The van der Waals surface area contributed by atoms with Crippen LogP contribution in [0.5, 0.6) is 0 Å². The molecule has 10 nitrogen and oxygen atoms in total. The molecule has 6 rings (SSSR count). The third-order valence-electron chi connectivity index (χ3n) is 7.22. The molecule has 2 fully saturated rings. The number of ether oxygens (including phenoxy) is 1. The van der Waals surface area contributed by atoms with Gasteiger partial charge in [0, 0.05) is 30.3 Å². The quantitative estimate of drug-likeness (QED) is 0.220. The Morgan fingerprint density at radius 1 is 1.02 bits per heavy atom. The molecule has 0 unspecified atom stereocenters. The molecule has 0 spiro atoms. The van der Waals surface area contributed by atoms with Crippen molar-refractivity contribution in [2.45, 2.75) is 50.8 Å². The SMILES string of the molecule is CN1CCC(c2nc(-c3ccc(Cl)c(Cl)c3)c(-c3ccnc(NC4CC4)n3)n2CCOCc2noc(Cl)n2)CC1. The minimum absolute atomic E-state index is 0.00862. The lowest BCUT2D eigenvalue weighted by molar-refractivity contribution is 0.105. The van der Waals surface area contributed by atoms with Gasteiger partial charge in [0.2, 0.25) is 5.95 Å². The molecule has 1 aliphatic carbocycles. The van der Waals surface area contributed by atoms with Crippen LogP contribution in [0.15, 0.2) is 35.0 Å². The fourth-order valence-corrected chi connectivity index (χ4v) is 5.39. The number of nitrogens with zero attached hydrogens (tertiary/aromatic N) is 7. The summed E-state index contributed by atoms with van der Waals surface area (Å²) < 4.78 is 13.0. The Morgan fingerprint density at radius 2 is 1.85 bits per heavy atom. The summed E-state index contributed by atoms with van der Waals surface area (Å²) in [6.45, 7) is 3.15. The molecule has 0 bridgehead atoms. The fraction of sp³-hybridized carbons (Fsp3) is 0.444. The van der Waals surface area contributed by atoms with Crippen molar-refractivity contribution >= 4 is 40.8 Å². The third-order valence-corrected chi connectivity index (χ3v) is 8.11. The molecule has 1 saturated carbocycles. The summed E-state index contributed by atoms with van der Waals surface area (Å²) in [5, 5.41) is 8.18. The van der Waals surface area contributed by atoms with Crippen molar-refractivity contribution in [1.82, 2.24) is 34.6 Å². The molecule has 4 aromatic rings. The topological polar surface area (TPSA) is 107 Å². The second kappa shape index (κ2) is 12.0. The zero-order valence-electron chi connectivity index (χ0n) is 22.0. The molecular weight excluding hydrogens is 575 g/mol. The minimum Gasteiger partial charge on any atom is -0.371 e. The highest BCUT2D eigenvalue weighted by molar-refractivity contribution is 6.42. The first-order valence-electron chi connectivity index (χ1n) is 13.3. The highest BCUT2D eigenvalue weighted by Crippen LogP contribution is 2.39. The lowest BCUT2D eigenvalue weighted by Crippen LogP contribution is -2.30. The van der Waals surface area contributed by atoms with Gasteiger partial charge in [-0.1, -0.05) is 34.4 Å². The number of imidazole rings is 1. The van der Waals surface area contributed by atoms with E-state index in [2.05, 4.69) is 37.0 Å². The molecule has 1 aromatic carbocycles. The molecule has 13 heteroatoms. The van der Waals surface area contributed by atoms with Gasteiger partial charge in [0.15, 0.2) is 5.82 Å². The zero-order chi connectivity index (χ0) is 27.6. The van der Waals surface area contributed by atoms with Crippen LogP contribution in [0.2, 0.25) is 15.4 Å². The van der Waals surface area contributed by atoms with Gasteiger partial charge in [0.05, 0.1) is 33.7 Å². The highest BCUT2D eigenvalue weighted by Gasteiger charge is 2.29. The summed E-state index contributed by atoms with van der Waals surface area (Å²) in [5.41, 5.74) is 3.33. The maximum Gasteiger partial charge on any atom is 0.320 e. The molecule has 0 radical (unpaired) electrons. The number of halogens is 3. The van der Waals surface area contributed by atoms with Crippen LogP contribution < -0.4 is 5.32 Å². The fourth-order valence-electron chi connectivity index (χ4n) is 4.96. The molecule has 1 N–H and O–H groups in total. The Bertz CT molecular complexity index is 1480. The molecule has 3 aromatic heterocycles. The van der Waals surface area contributed by atoms with E-state index in [0.29, 0.717) is 41.0 Å². The molecule has 1 saturated heterocycles. The zero-order valence-corrected chi connectivity index (χ0v) is 24.3. The van der Waals surface area contributed by atoms with Crippen molar-refractivity contribution in [3.63, 3.8) is 0 Å². The normalized spacial score (nSPS) is 16.5. The molecule has 40 heavy (non-hydrogen) atoms. The van der Waals surface area contributed by atoms with Gasteiger partial charge in [-0.25, -0.2) is 15.0 Å². The van der Waals surface area contributed by atoms with E-state index in [1.807, 2.05) is 18.2 Å². The molecule has 0 atom stereocenters. The first-order valence-corrected chi connectivity index (χ1v) is 14.5. The number of likely N-dealkylation sites (tertiary alicyclic amines) is 1. The number of hydrogen-bond donors (Lipinski definition) is 1. The lowest BCUT2D eigenvalue weighted by Gasteiger charge is -2.29. The van der Waals surface area contributed by atoms with Gasteiger partial charge < -0.3 is 24.0 Å². The first-order chi connectivity index (χ1) is 19.4. The third kappa shape index (κ3) is 6.26. The van der Waals surface area contributed by atoms with Gasteiger partial charge in [-0.3, -0.25) is 0 Å². The molecule has 2 aliphatic rings. The average Bonchev–Trinajstić information content (AvgIpc) is 3.54. The van der Waals surface area contributed by atoms with Crippen LogP contribution in [-0.4, -0.2) is 67.3 Å². The van der Waals surface area contributed by atoms with Crippen molar-refractivity contribution in [3.8, 4) is 22.6 Å². The van der Waals surface area contributed by atoms with Crippen LogP contribution in [0.3, 0.4) is 0 Å². The van der Waals surface area contributed by atoms with Crippen molar-refractivity contribution in [2.75, 3.05) is 32.1 Å². The Labute approximate surface area is 247 Å². The summed E-state index contributed by atoms with van der Waals surface area (Å²) >= 11 is 18.5. The van der Waals surface area contributed by atoms with Crippen LogP contribution in [0, 0.1) is 0 Å². The molecular formula is C27H29Cl3N8O2. The van der Waals surface area contributed by atoms with Gasteiger partial charge >= 0.3 is 5.35 Å². The van der Waals surface area contributed by atoms with Crippen molar-refractivity contribution in [3.05, 3.63) is 57.5 Å². The van der Waals surface area contributed by atoms with Crippen LogP contribution in [0.4, 0.5) is 5.95 Å². The second-order valence-electron chi connectivity index (χ2n) is 10.2. The number of hydrogen-bond acceptors (Lipinski definition) is 9. The van der Waals surface area contributed by atoms with Crippen LogP contribution >= 0.6 is 34.8 Å². The molecule has 4 heterocycles. The number of piperidine rings is 1. The van der Waals surface area contributed by atoms with E-state index in [4.69, 9.17) is 54.0 Å². The second-order valence-corrected chi connectivity index (χ2v) is 11.4. The number of rotatable bonds is 10. The summed E-state index contributed by atoms with van der Waals surface area (Å²) in [4.78, 5) is 21.0. The summed E-state index contributed by atoms with van der Waals surface area (Å²) in [7, 11) is 2.16. The van der Waals surface area contributed by atoms with Gasteiger partial charge in [-0.15, -0.1) is 0 Å². The van der Waals surface area contributed by atoms with Crippen molar-refractivity contribution in [1.29, 1.82) is 0 Å². The van der Waals surface area contributed by atoms with Gasteiger partial charge in [-0.2, -0.15) is 4.98 Å². The number of benzene rings is 1. The maximum atomic E-state index is 6.47. The monoisotopic (exact) mass is 602 g/mol. The highest BCUT2D eigenvalue weighted by atomic mass is 35.5. The Kier molecular flexibility index (Phi) is 8.22. The number of aromatic nitrogens is 6. The largest absolute Gasteiger partial charge is 0.371 e. The smallest absolute Gasteiger partial charge is 0.320 e. The van der Waals surface area contributed by atoms with Crippen molar-refractivity contribution < 1.29 is 9.26 Å². The van der Waals surface area contributed by atoms with E-state index < -0.39 is 0 Å². The standard InChI is InChI=1S/C27H29Cl3N8O2/c1-37-10-7-16(8-11-37)25-35-23(17-2-5-19(28)20(29)14-17)24(21-6-9-31-27(33-21)32-18-3-4-18)38(25)12-13-39-15-22-34-26(30)40-36-22/h2,5-6,9,14,16,18H,3-4,7-8,10-13,15H2,1H3,(H,31,32,33). The first kappa shape index (κ1) is 27.4. The van der Waals surface area contributed by atoms with E-state index in [1.54, 1.807) is 12.3 Å². The van der Waals surface area contributed by atoms with Crippen LogP contribution in [0.25, 0.3) is 22.6 Å². The number of anilines is 1. The Morgan fingerprint density at radius 3 is 2.58 bits per heavy atom. The summed E-state index contributed by atoms with van der Waals surface area (Å²) in [5.74, 6) is 2.30. The molecule has 0 amide bonds. The van der Waals surface area contributed by atoms with Gasteiger partial charge in [0.25, 0.3) is 0 Å². The minimum atomic E-state index is -0.00862. The summed E-state index contributed by atoms with van der Waals surface area (Å²) in [6, 6.07) is 7.96. The predicted octanol–water partition coefficient (Wildman–Crippen LogP) is 5.95. The van der Waals surface area contributed by atoms with Gasteiger partial charge in [-0.05, 0) is 75.6 Å². The van der Waals surface area contributed by atoms with E-state index in [0.717, 1.165) is 67.2 Å². The van der Waals surface area contributed by atoms with E-state index in [9.17, 15) is 0 Å². The lowest BCUT2D eigenvalue weighted by atomic mass is 9.96. The Balaban J connectivity index is 1.41. The van der Waals surface area contributed by atoms with Crippen molar-refractivity contribution in [2.24, 2.45) is 0 Å². The summed E-state index contributed by atoms with van der Waals surface area (Å²) in [6.07, 6.45) is 6.06. The van der Waals surface area contributed by atoms with E-state index in [-0.39, 0.29) is 17.9 Å². The van der Waals surface area contributed by atoms with Gasteiger partial charge in [0.1, 0.15) is 12.4 Å². The molecule has 210 valence electrons. The molecule has 1 aliphatic heterocycles. The average molecular weight is 604 g/mol.